The molecule has 6 nitrogen and oxygen atoms in total. The van der Waals surface area contributed by atoms with E-state index < -0.39 is 0 Å². The minimum absolute atomic E-state index is 0.0130. The van der Waals surface area contributed by atoms with Crippen molar-refractivity contribution in [2.45, 2.75) is 18.0 Å². The van der Waals surface area contributed by atoms with Crippen LogP contribution in [-0.2, 0) is 9.59 Å². The molecule has 2 heterocycles. The molecule has 7 heteroatoms. The minimum atomic E-state index is -0.254. The number of hydrogen-bond acceptors (Lipinski definition) is 5. The SMILES string of the molecule is O=C1CC(c2ccccc2)NC(SCC(=O)N2CCN(c3ccccc3)CC2)N1. The number of thioether (sulfide) groups is 1. The van der Waals surface area contributed by atoms with E-state index >= 15 is 0 Å². The van der Waals surface area contributed by atoms with Crippen molar-refractivity contribution in [2.24, 2.45) is 0 Å². The van der Waals surface area contributed by atoms with E-state index in [-0.39, 0.29) is 23.4 Å². The number of benzene rings is 2. The van der Waals surface area contributed by atoms with Gasteiger partial charge in [-0.15, -0.1) is 11.8 Å². The fraction of sp³-hybridized carbons (Fsp3) is 0.364. The second-order valence-corrected chi connectivity index (χ2v) is 8.39. The number of anilines is 1. The molecule has 2 amide bonds. The first-order chi connectivity index (χ1) is 14.2. The molecule has 2 fully saturated rings. The highest BCUT2D eigenvalue weighted by atomic mass is 32.2. The topological polar surface area (TPSA) is 64.7 Å². The van der Waals surface area contributed by atoms with Crippen LogP contribution in [0.3, 0.4) is 0 Å². The molecule has 0 saturated carbocycles. The van der Waals surface area contributed by atoms with Crippen molar-refractivity contribution in [1.82, 2.24) is 15.5 Å². The Labute approximate surface area is 175 Å². The summed E-state index contributed by atoms with van der Waals surface area (Å²) in [7, 11) is 0. The molecule has 2 aliphatic rings. The summed E-state index contributed by atoms with van der Waals surface area (Å²) in [5.41, 5.74) is 2.04. The van der Waals surface area contributed by atoms with Crippen LogP contribution in [0, 0.1) is 0 Å². The van der Waals surface area contributed by atoms with Crippen LogP contribution in [0.1, 0.15) is 18.0 Å². The molecule has 152 valence electrons. The quantitative estimate of drug-likeness (QED) is 0.791. The van der Waals surface area contributed by atoms with E-state index in [9.17, 15) is 9.59 Å². The summed E-state index contributed by atoms with van der Waals surface area (Å²) in [6.45, 7) is 3.14. The van der Waals surface area contributed by atoms with Gasteiger partial charge in [0.25, 0.3) is 0 Å². The monoisotopic (exact) mass is 410 g/mol. The van der Waals surface area contributed by atoms with Gasteiger partial charge in [0, 0.05) is 44.3 Å². The molecule has 0 aliphatic carbocycles. The Kier molecular flexibility index (Phi) is 6.36. The zero-order valence-electron chi connectivity index (χ0n) is 16.3. The number of carbonyl (C=O) groups excluding carboxylic acids is 2. The second kappa shape index (κ2) is 9.33. The fourth-order valence-electron chi connectivity index (χ4n) is 3.76. The molecule has 29 heavy (non-hydrogen) atoms. The van der Waals surface area contributed by atoms with E-state index in [1.165, 1.54) is 17.4 Å². The van der Waals surface area contributed by atoms with Gasteiger partial charge in [-0.05, 0) is 17.7 Å². The third-order valence-electron chi connectivity index (χ3n) is 5.36. The third kappa shape index (κ3) is 5.10. The largest absolute Gasteiger partial charge is 0.368 e. The van der Waals surface area contributed by atoms with Crippen LogP contribution in [0.2, 0.25) is 0 Å². The maximum Gasteiger partial charge on any atom is 0.232 e. The predicted molar refractivity (Wildman–Crippen MR) is 117 cm³/mol. The molecule has 0 bridgehead atoms. The summed E-state index contributed by atoms with van der Waals surface area (Å²) in [5, 5.41) is 6.38. The van der Waals surface area contributed by atoms with Gasteiger partial charge in [0.15, 0.2) is 0 Å². The van der Waals surface area contributed by atoms with Crippen molar-refractivity contribution >= 4 is 29.3 Å². The number of amides is 2. The molecular formula is C22H26N4O2S. The van der Waals surface area contributed by atoms with Crippen molar-refractivity contribution in [2.75, 3.05) is 36.8 Å². The van der Waals surface area contributed by atoms with Crippen LogP contribution in [-0.4, -0.2) is 54.1 Å². The molecule has 2 saturated heterocycles. The van der Waals surface area contributed by atoms with Crippen LogP contribution in [0.5, 0.6) is 0 Å². The van der Waals surface area contributed by atoms with E-state index in [4.69, 9.17) is 0 Å². The Hall–Kier alpha value is -2.51. The summed E-state index contributed by atoms with van der Waals surface area (Å²) in [6.07, 6.45) is 0.413. The van der Waals surface area contributed by atoms with Gasteiger partial charge in [0.2, 0.25) is 11.8 Å². The number of hydrogen-bond donors (Lipinski definition) is 2. The van der Waals surface area contributed by atoms with Gasteiger partial charge in [-0.1, -0.05) is 48.5 Å². The lowest BCUT2D eigenvalue weighted by atomic mass is 10.0. The average Bonchev–Trinajstić information content (AvgIpc) is 2.78. The fourth-order valence-corrected chi connectivity index (χ4v) is 4.73. The van der Waals surface area contributed by atoms with Crippen LogP contribution in [0.15, 0.2) is 60.7 Å². The van der Waals surface area contributed by atoms with Crippen LogP contribution < -0.4 is 15.5 Å². The van der Waals surface area contributed by atoms with Gasteiger partial charge in [0.05, 0.1) is 5.75 Å². The summed E-state index contributed by atoms with van der Waals surface area (Å²) >= 11 is 1.45. The molecule has 0 aromatic heterocycles. The lowest BCUT2D eigenvalue weighted by Crippen LogP contribution is -2.52. The number of nitrogens with one attached hydrogen (secondary N) is 2. The van der Waals surface area contributed by atoms with Gasteiger partial charge in [-0.25, -0.2) is 0 Å². The molecule has 2 aromatic carbocycles. The standard InChI is InChI=1S/C22H26N4O2S/c27-20-15-19(17-7-3-1-4-8-17)23-22(24-20)29-16-21(28)26-13-11-25(12-14-26)18-9-5-2-6-10-18/h1-10,19,22-23H,11-16H2,(H,24,27). The molecule has 2 aliphatic heterocycles. The Morgan fingerprint density at radius 3 is 2.31 bits per heavy atom. The van der Waals surface area contributed by atoms with Gasteiger partial charge in [-0.3, -0.25) is 14.9 Å². The number of piperazine rings is 1. The van der Waals surface area contributed by atoms with Gasteiger partial charge < -0.3 is 15.1 Å². The number of nitrogens with zero attached hydrogens (tertiary/aromatic N) is 2. The Morgan fingerprint density at radius 1 is 0.966 bits per heavy atom. The molecule has 0 radical (unpaired) electrons. The van der Waals surface area contributed by atoms with Crippen molar-refractivity contribution in [3.8, 4) is 0 Å². The molecular weight excluding hydrogens is 384 g/mol. The molecule has 2 unspecified atom stereocenters. The zero-order valence-corrected chi connectivity index (χ0v) is 17.1. The Bertz CT molecular complexity index is 825. The van der Waals surface area contributed by atoms with Crippen LogP contribution in [0.4, 0.5) is 5.69 Å². The molecule has 2 atom stereocenters. The van der Waals surface area contributed by atoms with Gasteiger partial charge in [-0.2, -0.15) is 0 Å². The Morgan fingerprint density at radius 2 is 1.62 bits per heavy atom. The zero-order chi connectivity index (χ0) is 20.1. The van der Waals surface area contributed by atoms with Gasteiger partial charge in [0.1, 0.15) is 5.50 Å². The number of rotatable bonds is 5. The highest BCUT2D eigenvalue weighted by Gasteiger charge is 2.28. The number of carbonyl (C=O) groups is 2. The smallest absolute Gasteiger partial charge is 0.232 e. The first kappa shape index (κ1) is 19.8. The van der Waals surface area contributed by atoms with E-state index in [0.717, 1.165) is 31.7 Å². The first-order valence-corrected chi connectivity index (χ1v) is 11.0. The van der Waals surface area contributed by atoms with E-state index in [1.54, 1.807) is 0 Å². The van der Waals surface area contributed by atoms with Crippen molar-refractivity contribution in [1.29, 1.82) is 0 Å². The summed E-state index contributed by atoms with van der Waals surface area (Å²) in [5.74, 6) is 0.491. The lowest BCUT2D eigenvalue weighted by Gasteiger charge is -2.36. The molecule has 0 spiro atoms. The third-order valence-corrected chi connectivity index (χ3v) is 6.36. The van der Waals surface area contributed by atoms with E-state index in [2.05, 4.69) is 27.7 Å². The van der Waals surface area contributed by atoms with E-state index in [1.807, 2.05) is 53.4 Å². The maximum atomic E-state index is 12.7. The number of para-hydroxylation sites is 1. The highest BCUT2D eigenvalue weighted by molar-refractivity contribution is 8.00. The second-order valence-electron chi connectivity index (χ2n) is 7.30. The Balaban J connectivity index is 1.26. The average molecular weight is 411 g/mol. The minimum Gasteiger partial charge on any atom is -0.368 e. The van der Waals surface area contributed by atoms with Crippen molar-refractivity contribution < 1.29 is 9.59 Å². The van der Waals surface area contributed by atoms with Gasteiger partial charge >= 0.3 is 0 Å². The molecule has 2 aromatic rings. The highest BCUT2D eigenvalue weighted by Crippen LogP contribution is 2.23. The van der Waals surface area contributed by atoms with E-state index in [0.29, 0.717) is 12.2 Å². The maximum absolute atomic E-state index is 12.7. The summed E-state index contributed by atoms with van der Waals surface area (Å²) < 4.78 is 0. The normalized spacial score (nSPS) is 22.3. The predicted octanol–water partition coefficient (Wildman–Crippen LogP) is 2.20. The van der Waals surface area contributed by atoms with Crippen LogP contribution >= 0.6 is 11.8 Å². The first-order valence-electron chi connectivity index (χ1n) is 9.99. The summed E-state index contributed by atoms with van der Waals surface area (Å²) in [6, 6.07) is 20.2. The van der Waals surface area contributed by atoms with Crippen molar-refractivity contribution in [3.05, 3.63) is 66.2 Å². The molecule has 2 N–H and O–H groups in total. The molecule has 4 rings (SSSR count). The van der Waals surface area contributed by atoms with Crippen molar-refractivity contribution in [3.63, 3.8) is 0 Å². The van der Waals surface area contributed by atoms with Crippen LogP contribution in [0.25, 0.3) is 0 Å². The lowest BCUT2D eigenvalue weighted by molar-refractivity contribution is -0.128. The summed E-state index contributed by atoms with van der Waals surface area (Å²) in [4.78, 5) is 29.0.